The van der Waals surface area contributed by atoms with Crippen molar-refractivity contribution in [3.63, 3.8) is 0 Å². The molecule has 2 unspecified atom stereocenters. The van der Waals surface area contributed by atoms with E-state index in [1.807, 2.05) is 6.92 Å². The van der Waals surface area contributed by atoms with Crippen molar-refractivity contribution >= 4 is 5.91 Å². The van der Waals surface area contributed by atoms with Gasteiger partial charge in [-0.2, -0.15) is 0 Å². The molecule has 1 fully saturated rings. The van der Waals surface area contributed by atoms with Gasteiger partial charge in [0.05, 0.1) is 18.6 Å². The molecule has 1 aliphatic rings. The highest BCUT2D eigenvalue weighted by Crippen LogP contribution is 2.20. The van der Waals surface area contributed by atoms with E-state index in [4.69, 9.17) is 14.2 Å². The van der Waals surface area contributed by atoms with E-state index in [-0.39, 0.29) is 24.2 Å². The van der Waals surface area contributed by atoms with E-state index in [1.54, 1.807) is 14.2 Å². The van der Waals surface area contributed by atoms with Crippen LogP contribution in [0.5, 0.6) is 0 Å². The zero-order chi connectivity index (χ0) is 11.3. The van der Waals surface area contributed by atoms with Crippen LogP contribution >= 0.6 is 0 Å². The van der Waals surface area contributed by atoms with E-state index in [1.165, 1.54) is 0 Å². The molecule has 0 aromatic rings. The Morgan fingerprint density at radius 2 is 2.20 bits per heavy atom. The number of ether oxygens (including phenoxy) is 3. The summed E-state index contributed by atoms with van der Waals surface area (Å²) in [4.78, 5) is 11.7. The van der Waals surface area contributed by atoms with Crippen LogP contribution in [0.4, 0.5) is 0 Å². The number of hydrogen-bond acceptors (Lipinski definition) is 4. The molecule has 0 saturated carbocycles. The summed E-state index contributed by atoms with van der Waals surface area (Å²) < 4.78 is 15.3. The Hall–Kier alpha value is -0.650. The molecule has 2 atom stereocenters. The summed E-state index contributed by atoms with van der Waals surface area (Å²) in [6.45, 7) is 2.95. The highest BCUT2D eigenvalue weighted by Gasteiger charge is 2.30. The Bertz CT molecular complexity index is 206. The van der Waals surface area contributed by atoms with Gasteiger partial charge in [0.1, 0.15) is 0 Å². The van der Waals surface area contributed by atoms with Crippen LogP contribution in [0.25, 0.3) is 0 Å². The van der Waals surface area contributed by atoms with E-state index in [9.17, 15) is 4.79 Å². The third-order valence-electron chi connectivity index (χ3n) is 2.68. The molecule has 1 aliphatic heterocycles. The summed E-state index contributed by atoms with van der Waals surface area (Å²) in [5.74, 6) is -0.0292. The molecule has 1 amide bonds. The van der Waals surface area contributed by atoms with Crippen molar-refractivity contribution in [1.29, 1.82) is 0 Å². The average molecular weight is 217 g/mol. The first kappa shape index (κ1) is 12.4. The van der Waals surface area contributed by atoms with Gasteiger partial charge in [0.2, 0.25) is 5.91 Å². The minimum Gasteiger partial charge on any atom is -0.378 e. The number of carbonyl (C=O) groups excluding carboxylic acids is 1. The maximum atomic E-state index is 11.7. The Morgan fingerprint density at radius 1 is 1.53 bits per heavy atom. The molecule has 0 spiro atoms. The molecule has 0 aromatic carbocycles. The van der Waals surface area contributed by atoms with Crippen LogP contribution < -0.4 is 5.32 Å². The van der Waals surface area contributed by atoms with Crippen molar-refractivity contribution in [3.8, 4) is 0 Å². The van der Waals surface area contributed by atoms with Gasteiger partial charge in [0.15, 0.2) is 6.29 Å². The molecular formula is C10H19NO4. The lowest BCUT2D eigenvalue weighted by molar-refractivity contribution is -0.132. The highest BCUT2D eigenvalue weighted by molar-refractivity contribution is 5.79. The first-order valence-corrected chi connectivity index (χ1v) is 5.14. The van der Waals surface area contributed by atoms with Crippen LogP contribution in [0.1, 0.15) is 13.3 Å². The molecule has 88 valence electrons. The lowest BCUT2D eigenvalue weighted by Gasteiger charge is -2.17. The molecule has 5 heteroatoms. The monoisotopic (exact) mass is 217 g/mol. The summed E-state index contributed by atoms with van der Waals surface area (Å²) in [5, 5.41) is 2.79. The molecule has 0 radical (unpaired) electrons. The largest absolute Gasteiger partial charge is 0.378 e. The van der Waals surface area contributed by atoms with Gasteiger partial charge in [-0.25, -0.2) is 0 Å². The smallest absolute Gasteiger partial charge is 0.225 e. The van der Waals surface area contributed by atoms with Gasteiger partial charge in [-0.1, -0.05) is 0 Å². The van der Waals surface area contributed by atoms with Gasteiger partial charge in [0.25, 0.3) is 0 Å². The van der Waals surface area contributed by atoms with Crippen LogP contribution in [-0.4, -0.2) is 45.7 Å². The highest BCUT2D eigenvalue weighted by atomic mass is 16.7. The first-order valence-electron chi connectivity index (χ1n) is 5.14. The molecule has 1 saturated heterocycles. The van der Waals surface area contributed by atoms with E-state index >= 15 is 0 Å². The van der Waals surface area contributed by atoms with E-state index in [2.05, 4.69) is 5.32 Å². The molecule has 0 bridgehead atoms. The fourth-order valence-electron chi connectivity index (χ4n) is 1.65. The maximum Gasteiger partial charge on any atom is 0.225 e. The molecular weight excluding hydrogens is 198 g/mol. The topological polar surface area (TPSA) is 56.8 Å². The molecule has 5 nitrogen and oxygen atoms in total. The molecule has 15 heavy (non-hydrogen) atoms. The van der Waals surface area contributed by atoms with Crippen molar-refractivity contribution in [2.24, 2.45) is 5.92 Å². The van der Waals surface area contributed by atoms with E-state index in [0.29, 0.717) is 13.2 Å². The predicted octanol–water partition coefficient (Wildman–Crippen LogP) is 0.147. The van der Waals surface area contributed by atoms with Crippen LogP contribution in [0, 0.1) is 5.92 Å². The van der Waals surface area contributed by atoms with Crippen LogP contribution in [-0.2, 0) is 19.0 Å². The predicted molar refractivity (Wildman–Crippen MR) is 54.3 cm³/mol. The summed E-state index contributed by atoms with van der Waals surface area (Å²) in [7, 11) is 3.09. The minimum absolute atomic E-state index is 0.00791. The normalized spacial score (nSPS) is 25.9. The minimum atomic E-state index is -0.383. The van der Waals surface area contributed by atoms with Gasteiger partial charge in [-0.05, 0) is 13.3 Å². The number of hydrogen-bond donors (Lipinski definition) is 1. The number of amides is 1. The lowest BCUT2D eigenvalue weighted by atomic mass is 10.0. The van der Waals surface area contributed by atoms with Gasteiger partial charge in [0, 0.05) is 20.8 Å². The molecule has 1 N–H and O–H groups in total. The van der Waals surface area contributed by atoms with Crippen LogP contribution in [0.2, 0.25) is 0 Å². The zero-order valence-corrected chi connectivity index (χ0v) is 9.49. The van der Waals surface area contributed by atoms with E-state index in [0.717, 1.165) is 6.42 Å². The van der Waals surface area contributed by atoms with Crippen molar-refractivity contribution < 1.29 is 19.0 Å². The Balaban J connectivity index is 2.29. The van der Waals surface area contributed by atoms with Crippen molar-refractivity contribution in [2.75, 3.05) is 27.4 Å². The average Bonchev–Trinajstić information content (AvgIpc) is 2.66. The van der Waals surface area contributed by atoms with Crippen molar-refractivity contribution in [1.82, 2.24) is 5.32 Å². The maximum absolute atomic E-state index is 11.7. The lowest BCUT2D eigenvalue weighted by Crippen LogP contribution is -2.39. The molecule has 1 heterocycles. The number of carbonyl (C=O) groups is 1. The second kappa shape index (κ2) is 6.05. The Kier molecular flexibility index (Phi) is 5.01. The first-order chi connectivity index (χ1) is 7.19. The second-order valence-corrected chi connectivity index (χ2v) is 3.62. The zero-order valence-electron chi connectivity index (χ0n) is 9.49. The van der Waals surface area contributed by atoms with Crippen LogP contribution in [0.3, 0.4) is 0 Å². The van der Waals surface area contributed by atoms with Crippen molar-refractivity contribution in [2.45, 2.75) is 25.7 Å². The van der Waals surface area contributed by atoms with Gasteiger partial charge in [-0.3, -0.25) is 4.79 Å². The quantitative estimate of drug-likeness (QED) is 0.666. The fourth-order valence-corrected chi connectivity index (χ4v) is 1.65. The summed E-state index contributed by atoms with van der Waals surface area (Å²) in [6.07, 6.45) is 0.414. The second-order valence-electron chi connectivity index (χ2n) is 3.62. The SMILES string of the molecule is COC(CNC(=O)C1CCOC1C)OC. The summed E-state index contributed by atoms with van der Waals surface area (Å²) in [6, 6.07) is 0. The molecule has 0 aromatic heterocycles. The number of methoxy groups -OCH3 is 2. The van der Waals surface area contributed by atoms with Gasteiger partial charge < -0.3 is 19.5 Å². The van der Waals surface area contributed by atoms with E-state index < -0.39 is 0 Å². The molecule has 0 aliphatic carbocycles. The Morgan fingerprint density at radius 3 is 2.67 bits per heavy atom. The van der Waals surface area contributed by atoms with Crippen molar-refractivity contribution in [3.05, 3.63) is 0 Å². The molecule has 1 rings (SSSR count). The van der Waals surface area contributed by atoms with Gasteiger partial charge in [-0.15, -0.1) is 0 Å². The number of rotatable bonds is 5. The summed E-state index contributed by atoms with van der Waals surface area (Å²) in [5.41, 5.74) is 0. The Labute approximate surface area is 90.1 Å². The van der Waals surface area contributed by atoms with Gasteiger partial charge >= 0.3 is 0 Å². The fraction of sp³-hybridized carbons (Fsp3) is 0.900. The third-order valence-corrected chi connectivity index (χ3v) is 2.68. The summed E-state index contributed by atoms with van der Waals surface area (Å²) >= 11 is 0. The standard InChI is InChI=1S/C10H19NO4/c1-7-8(4-5-15-7)10(12)11-6-9(13-2)14-3/h7-9H,4-6H2,1-3H3,(H,11,12). The van der Waals surface area contributed by atoms with Crippen LogP contribution in [0.15, 0.2) is 0 Å². The number of nitrogens with one attached hydrogen (secondary N) is 1. The third kappa shape index (κ3) is 3.44.